The van der Waals surface area contributed by atoms with Crippen LogP contribution in [0, 0.1) is 0 Å². The van der Waals surface area contributed by atoms with E-state index in [1.165, 1.54) is 24.3 Å². The van der Waals surface area contributed by atoms with Crippen molar-refractivity contribution in [3.8, 4) is 0 Å². The van der Waals surface area contributed by atoms with Gasteiger partial charge in [-0.05, 0) is 75.6 Å². The van der Waals surface area contributed by atoms with Crippen molar-refractivity contribution in [2.75, 3.05) is 18.0 Å². The Bertz CT molecular complexity index is 1780. The van der Waals surface area contributed by atoms with Crippen LogP contribution in [-0.4, -0.2) is 55.6 Å². The number of carbonyl (C=O) groups is 1. The number of anilines is 1. The summed E-state index contributed by atoms with van der Waals surface area (Å²) >= 11 is 0. The summed E-state index contributed by atoms with van der Waals surface area (Å²) in [5.41, 5.74) is 4.24. The van der Waals surface area contributed by atoms with Gasteiger partial charge in [-0.3, -0.25) is 9.11 Å². The number of nitrogens with zero attached hydrogens (tertiary/aromatic N) is 2. The highest BCUT2D eigenvalue weighted by molar-refractivity contribution is 7.86. The molecule has 11 heteroatoms. The lowest BCUT2D eigenvalue weighted by Gasteiger charge is -2.27. The van der Waals surface area contributed by atoms with Crippen LogP contribution in [0.4, 0.5) is 11.4 Å². The molecule has 9 nitrogen and oxygen atoms in total. The highest BCUT2D eigenvalue weighted by atomic mass is 32.2. The van der Waals surface area contributed by atoms with Crippen LogP contribution >= 0.6 is 0 Å². The lowest BCUT2D eigenvalue weighted by molar-refractivity contribution is -0.433. The minimum absolute atomic E-state index is 0.133. The number of aldehydes is 1. The van der Waals surface area contributed by atoms with E-state index >= 15 is 0 Å². The van der Waals surface area contributed by atoms with Crippen molar-refractivity contribution in [1.82, 2.24) is 0 Å². The van der Waals surface area contributed by atoms with Gasteiger partial charge in [-0.2, -0.15) is 21.4 Å². The van der Waals surface area contributed by atoms with Gasteiger partial charge in [-0.25, -0.2) is 0 Å². The molecule has 0 unspecified atom stereocenters. The van der Waals surface area contributed by atoms with Crippen LogP contribution < -0.4 is 4.90 Å². The molecule has 0 bridgehead atoms. The fraction of sp³-hybridized carbons (Fsp3) is 0.375. The van der Waals surface area contributed by atoms with Crippen molar-refractivity contribution in [2.45, 2.75) is 74.5 Å². The van der Waals surface area contributed by atoms with Crippen molar-refractivity contribution in [3.63, 3.8) is 0 Å². The Labute approximate surface area is 254 Å². The molecule has 0 aliphatic carbocycles. The van der Waals surface area contributed by atoms with Gasteiger partial charge >= 0.3 is 0 Å². The predicted octanol–water partition coefficient (Wildman–Crippen LogP) is 5.74. The Morgan fingerprint density at radius 2 is 1.47 bits per heavy atom. The third kappa shape index (κ3) is 6.31. The summed E-state index contributed by atoms with van der Waals surface area (Å²) < 4.78 is 68.6. The minimum atomic E-state index is -4.36. The number of hydrogen-bond acceptors (Lipinski definition) is 6. The molecule has 0 fully saturated rings. The van der Waals surface area contributed by atoms with Crippen LogP contribution in [0.1, 0.15) is 65.0 Å². The van der Waals surface area contributed by atoms with E-state index in [-0.39, 0.29) is 9.79 Å². The average molecular weight is 628 g/mol. The zero-order valence-corrected chi connectivity index (χ0v) is 26.7. The van der Waals surface area contributed by atoms with E-state index in [9.17, 15) is 30.7 Å². The molecule has 4 rings (SSSR count). The minimum Gasteiger partial charge on any atom is -0.344 e. The molecule has 2 heterocycles. The first-order chi connectivity index (χ1) is 20.0. The number of allylic oxidation sites excluding steroid dienone is 6. The van der Waals surface area contributed by atoms with Gasteiger partial charge in [0.2, 0.25) is 5.69 Å². The predicted molar refractivity (Wildman–Crippen MR) is 168 cm³/mol. The normalized spacial score (nSPS) is 18.7. The molecular formula is C32H39N2O7S2+. The second-order valence-electron chi connectivity index (χ2n) is 11.8. The van der Waals surface area contributed by atoms with Crippen LogP contribution in [0.3, 0.4) is 0 Å². The highest BCUT2D eigenvalue weighted by Gasteiger charge is 2.44. The molecule has 0 radical (unpaired) electrons. The van der Waals surface area contributed by atoms with Crippen molar-refractivity contribution >= 4 is 43.6 Å². The third-order valence-corrected chi connectivity index (χ3v) is 10.0. The molecule has 0 atom stereocenters. The Hall–Kier alpha value is -3.38. The van der Waals surface area contributed by atoms with Gasteiger partial charge < -0.3 is 9.69 Å². The molecule has 2 aromatic rings. The third-order valence-electron chi connectivity index (χ3n) is 8.32. The van der Waals surface area contributed by atoms with E-state index < -0.39 is 31.1 Å². The summed E-state index contributed by atoms with van der Waals surface area (Å²) in [5.74, 6) is 0. The van der Waals surface area contributed by atoms with Gasteiger partial charge in [-0.1, -0.05) is 32.1 Å². The second-order valence-corrected chi connectivity index (χ2v) is 14.6. The molecule has 2 aromatic carbocycles. The molecular weight excluding hydrogens is 588 g/mol. The van der Waals surface area contributed by atoms with Crippen LogP contribution in [-0.2, 0) is 35.9 Å². The quantitative estimate of drug-likeness (QED) is 0.106. The standard InChI is InChI=1S/C32H38N2O7S2/c1-6-33-27-17-15-23(42(36,37)38)21-25(27)31(2,3)29(33)13-9-7-10-14-30-32(4,5)26-22-24(43(39,40)41)16-18-28(26)34(30)19-11-8-12-20-35/h7,9-10,13-18,20-22H,6,8,11-12,19H2,1-5H3,(H-,36,37,38,39,40,41)/p+1. The van der Waals surface area contributed by atoms with Crippen LogP contribution in [0.5, 0.6) is 0 Å². The van der Waals surface area contributed by atoms with Crippen molar-refractivity contribution < 1.29 is 35.3 Å². The van der Waals surface area contributed by atoms with Gasteiger partial charge in [0, 0.05) is 47.5 Å². The van der Waals surface area contributed by atoms with Crippen molar-refractivity contribution in [2.24, 2.45) is 0 Å². The molecule has 2 N–H and O–H groups in total. The van der Waals surface area contributed by atoms with E-state index in [4.69, 9.17) is 0 Å². The summed E-state index contributed by atoms with van der Waals surface area (Å²) in [7, 11) is -8.69. The topological polar surface area (TPSA) is 132 Å². The number of carbonyl (C=O) groups excluding carboxylic acids is 1. The van der Waals surface area contributed by atoms with E-state index in [2.05, 4.69) is 9.48 Å². The maximum absolute atomic E-state index is 11.9. The maximum Gasteiger partial charge on any atom is 0.294 e. The largest absolute Gasteiger partial charge is 0.344 e. The van der Waals surface area contributed by atoms with Gasteiger partial charge in [0.15, 0.2) is 5.71 Å². The van der Waals surface area contributed by atoms with Crippen LogP contribution in [0.25, 0.3) is 0 Å². The summed E-state index contributed by atoms with van der Waals surface area (Å²) in [6.45, 7) is 11.4. The Kier molecular flexibility index (Phi) is 9.04. The van der Waals surface area contributed by atoms with Crippen molar-refractivity contribution in [3.05, 3.63) is 83.6 Å². The summed E-state index contributed by atoms with van der Waals surface area (Å²) in [5, 5.41) is 0. The Morgan fingerprint density at radius 1 is 0.837 bits per heavy atom. The van der Waals surface area contributed by atoms with Crippen molar-refractivity contribution in [1.29, 1.82) is 0 Å². The first kappa shape index (κ1) is 32.5. The van der Waals surface area contributed by atoms with E-state index in [1.54, 1.807) is 12.1 Å². The summed E-state index contributed by atoms with van der Waals surface area (Å²) in [4.78, 5) is 12.7. The van der Waals surface area contributed by atoms with Crippen LogP contribution in [0.15, 0.2) is 82.3 Å². The molecule has 0 amide bonds. The molecule has 0 saturated heterocycles. The molecule has 230 valence electrons. The maximum atomic E-state index is 11.9. The number of rotatable bonds is 11. The lowest BCUT2D eigenvalue weighted by Crippen LogP contribution is -2.27. The first-order valence-corrected chi connectivity index (χ1v) is 17.1. The number of unbranched alkanes of at least 4 members (excludes halogenated alkanes) is 2. The SMILES string of the molecule is CC[N+]1=C(/C=C/C=C/C=C2/N(CCCCC=O)c3ccc(S(=O)(=O)O)cc3C2(C)C)C(C)(C)c2cc(S(=O)(=O)O)ccc21. The second kappa shape index (κ2) is 12.0. The summed E-state index contributed by atoms with van der Waals surface area (Å²) in [6, 6.07) is 9.31. The monoisotopic (exact) mass is 627 g/mol. The zero-order valence-electron chi connectivity index (χ0n) is 25.1. The molecule has 0 spiro atoms. The van der Waals surface area contributed by atoms with Crippen LogP contribution in [0.2, 0.25) is 0 Å². The van der Waals surface area contributed by atoms with E-state index in [0.29, 0.717) is 19.5 Å². The van der Waals surface area contributed by atoms with E-state index in [1.807, 2.05) is 65.0 Å². The smallest absolute Gasteiger partial charge is 0.294 e. The fourth-order valence-electron chi connectivity index (χ4n) is 6.07. The molecule has 43 heavy (non-hydrogen) atoms. The number of fused-ring (bicyclic) bond motifs is 2. The average Bonchev–Trinajstić information content (AvgIpc) is 3.27. The van der Waals surface area contributed by atoms with Gasteiger partial charge in [0.1, 0.15) is 12.8 Å². The summed E-state index contributed by atoms with van der Waals surface area (Å²) in [6.07, 6.45) is 12.6. The first-order valence-electron chi connectivity index (χ1n) is 14.2. The zero-order chi connectivity index (χ0) is 31.8. The van der Waals surface area contributed by atoms with E-state index in [0.717, 1.165) is 53.0 Å². The fourth-order valence-corrected chi connectivity index (χ4v) is 7.08. The Balaban J connectivity index is 1.66. The van der Waals surface area contributed by atoms with Gasteiger partial charge in [0.05, 0.1) is 15.2 Å². The Morgan fingerprint density at radius 3 is 2.07 bits per heavy atom. The molecule has 2 aliphatic rings. The van der Waals surface area contributed by atoms with Gasteiger partial charge in [-0.15, -0.1) is 0 Å². The molecule has 0 aromatic heterocycles. The number of hydrogen-bond donors (Lipinski definition) is 2. The number of benzene rings is 2. The molecule has 0 saturated carbocycles. The van der Waals surface area contributed by atoms with Gasteiger partial charge in [0.25, 0.3) is 20.2 Å². The molecule has 2 aliphatic heterocycles. The highest BCUT2D eigenvalue weighted by Crippen LogP contribution is 2.48. The lowest BCUT2D eigenvalue weighted by atomic mass is 9.81.